The van der Waals surface area contributed by atoms with Gasteiger partial charge in [0.25, 0.3) is 0 Å². The first-order chi connectivity index (χ1) is 13.0. The third-order valence-electron chi connectivity index (χ3n) is 4.30. The van der Waals surface area contributed by atoms with Crippen LogP contribution in [0.15, 0.2) is 36.4 Å². The third-order valence-corrected chi connectivity index (χ3v) is 4.92. The van der Waals surface area contributed by atoms with Gasteiger partial charge >= 0.3 is 0 Å². The van der Waals surface area contributed by atoms with Gasteiger partial charge in [-0.05, 0) is 56.1 Å². The Morgan fingerprint density at radius 1 is 1.22 bits per heavy atom. The minimum atomic E-state index is -0.331. The van der Waals surface area contributed by atoms with Crippen molar-refractivity contribution < 1.29 is 13.9 Å². The minimum absolute atomic E-state index is 0.247. The van der Waals surface area contributed by atoms with Gasteiger partial charge in [-0.3, -0.25) is 0 Å². The van der Waals surface area contributed by atoms with Crippen LogP contribution < -0.4 is 20.1 Å². The number of ether oxygens (including phenoxy) is 2. The van der Waals surface area contributed by atoms with E-state index in [4.69, 9.17) is 33.3 Å². The molecule has 0 aliphatic carbocycles. The lowest BCUT2D eigenvalue weighted by Crippen LogP contribution is -2.40. The van der Waals surface area contributed by atoms with E-state index in [9.17, 15) is 4.39 Å². The molecule has 3 rings (SSSR count). The Hall–Kier alpha value is -2.09. The van der Waals surface area contributed by atoms with Crippen molar-refractivity contribution in [3.8, 4) is 11.5 Å². The molecule has 0 unspecified atom stereocenters. The van der Waals surface area contributed by atoms with Gasteiger partial charge in [0, 0.05) is 23.7 Å². The molecule has 0 aromatic heterocycles. The van der Waals surface area contributed by atoms with Gasteiger partial charge in [0.15, 0.2) is 16.6 Å². The van der Waals surface area contributed by atoms with Crippen molar-refractivity contribution in [2.75, 3.05) is 27.4 Å². The van der Waals surface area contributed by atoms with Crippen LogP contribution in [0.25, 0.3) is 0 Å². The standard InChI is InChI=1S/C19H21ClFN3O2S/c1-24(2)15(18-13(20)4-3-5-14(18)21)10-23-19(27)22-9-12-6-7-16-17(8-12)26-11-25-16/h3-8,15H,9-11H2,1-2H3,(H2,22,23,27)/t15-/m0/s1. The second-order valence-electron chi connectivity index (χ2n) is 6.37. The molecule has 0 fully saturated rings. The molecule has 1 heterocycles. The van der Waals surface area contributed by atoms with E-state index in [-0.39, 0.29) is 18.7 Å². The summed E-state index contributed by atoms with van der Waals surface area (Å²) in [5, 5.41) is 7.16. The second kappa shape index (κ2) is 8.73. The maximum Gasteiger partial charge on any atom is 0.231 e. The minimum Gasteiger partial charge on any atom is -0.454 e. The van der Waals surface area contributed by atoms with Gasteiger partial charge in [-0.15, -0.1) is 0 Å². The number of likely N-dealkylation sites (N-methyl/N-ethyl adjacent to an activating group) is 1. The smallest absolute Gasteiger partial charge is 0.231 e. The fourth-order valence-corrected chi connectivity index (χ4v) is 3.30. The van der Waals surface area contributed by atoms with Gasteiger partial charge in [0.2, 0.25) is 6.79 Å². The van der Waals surface area contributed by atoms with E-state index >= 15 is 0 Å². The molecule has 0 bridgehead atoms. The highest BCUT2D eigenvalue weighted by molar-refractivity contribution is 7.80. The van der Waals surface area contributed by atoms with Crippen LogP contribution >= 0.6 is 23.8 Å². The lowest BCUT2D eigenvalue weighted by molar-refractivity contribution is 0.174. The fraction of sp³-hybridized carbons (Fsp3) is 0.316. The Kier molecular flexibility index (Phi) is 6.36. The zero-order valence-electron chi connectivity index (χ0n) is 15.1. The first-order valence-corrected chi connectivity index (χ1v) is 9.25. The van der Waals surface area contributed by atoms with E-state index in [0.717, 1.165) is 17.1 Å². The fourth-order valence-electron chi connectivity index (χ4n) is 2.86. The molecular weight excluding hydrogens is 389 g/mol. The Balaban J connectivity index is 1.57. The molecule has 2 aromatic carbocycles. The van der Waals surface area contributed by atoms with Crippen LogP contribution in [0, 0.1) is 5.82 Å². The predicted octanol–water partition coefficient (Wildman–Crippen LogP) is 3.47. The summed E-state index contributed by atoms with van der Waals surface area (Å²) < 4.78 is 24.9. The van der Waals surface area contributed by atoms with Gasteiger partial charge in [0.1, 0.15) is 5.82 Å². The van der Waals surface area contributed by atoms with E-state index in [1.54, 1.807) is 12.1 Å². The first-order valence-electron chi connectivity index (χ1n) is 8.46. The van der Waals surface area contributed by atoms with Crippen LogP contribution in [0.1, 0.15) is 17.2 Å². The Labute approximate surface area is 168 Å². The number of thiocarbonyl (C=S) groups is 1. The van der Waals surface area contributed by atoms with Crippen LogP contribution in [0.3, 0.4) is 0 Å². The molecule has 27 heavy (non-hydrogen) atoms. The third kappa shape index (κ3) is 4.80. The molecule has 144 valence electrons. The summed E-state index contributed by atoms with van der Waals surface area (Å²) in [7, 11) is 3.75. The van der Waals surface area contributed by atoms with Crippen molar-refractivity contribution in [3.05, 3.63) is 58.4 Å². The number of hydrogen-bond donors (Lipinski definition) is 2. The molecule has 0 saturated carbocycles. The van der Waals surface area contributed by atoms with E-state index in [1.807, 2.05) is 37.2 Å². The van der Waals surface area contributed by atoms with Gasteiger partial charge in [0.05, 0.1) is 6.04 Å². The normalized spacial score (nSPS) is 13.5. The van der Waals surface area contributed by atoms with Crippen molar-refractivity contribution >= 4 is 28.9 Å². The molecule has 1 aliphatic rings. The van der Waals surface area contributed by atoms with Gasteiger partial charge in [-0.1, -0.05) is 23.7 Å². The summed E-state index contributed by atoms with van der Waals surface area (Å²) in [5.41, 5.74) is 1.47. The molecule has 0 radical (unpaired) electrons. The highest BCUT2D eigenvalue weighted by Gasteiger charge is 2.21. The molecule has 0 spiro atoms. The van der Waals surface area contributed by atoms with E-state index < -0.39 is 0 Å². The molecule has 1 atom stereocenters. The number of nitrogens with zero attached hydrogens (tertiary/aromatic N) is 1. The molecule has 1 aliphatic heterocycles. The molecule has 8 heteroatoms. The average Bonchev–Trinajstić information content (AvgIpc) is 3.09. The van der Waals surface area contributed by atoms with Crippen LogP contribution in [0.4, 0.5) is 4.39 Å². The molecular formula is C19H21ClFN3O2S. The van der Waals surface area contributed by atoms with Crippen molar-refractivity contribution in [2.24, 2.45) is 0 Å². The Morgan fingerprint density at radius 2 is 2.00 bits per heavy atom. The Bertz CT molecular complexity index is 814. The summed E-state index contributed by atoms with van der Waals surface area (Å²) in [5.74, 6) is 1.15. The average molecular weight is 410 g/mol. The maximum atomic E-state index is 14.3. The van der Waals surface area contributed by atoms with Crippen LogP contribution in [0.2, 0.25) is 5.02 Å². The summed E-state index contributed by atoms with van der Waals surface area (Å²) in [4.78, 5) is 1.90. The van der Waals surface area contributed by atoms with E-state index in [2.05, 4.69) is 10.6 Å². The van der Waals surface area contributed by atoms with E-state index in [1.165, 1.54) is 6.07 Å². The maximum absolute atomic E-state index is 14.3. The summed E-state index contributed by atoms with van der Waals surface area (Å²) in [6.45, 7) is 1.20. The summed E-state index contributed by atoms with van der Waals surface area (Å²) in [6, 6.07) is 10.2. The number of fused-ring (bicyclic) bond motifs is 1. The number of rotatable bonds is 6. The summed E-state index contributed by atoms with van der Waals surface area (Å²) in [6.07, 6.45) is 0. The van der Waals surface area contributed by atoms with Gasteiger partial charge < -0.3 is 25.0 Å². The SMILES string of the molecule is CN(C)[C@@H](CNC(=S)NCc1ccc2c(c1)OCO2)c1c(F)cccc1Cl. The molecule has 0 saturated heterocycles. The summed E-state index contributed by atoms with van der Waals surface area (Å²) >= 11 is 11.6. The van der Waals surface area contributed by atoms with Crippen molar-refractivity contribution in [1.29, 1.82) is 0 Å². The molecule has 2 aromatic rings. The lowest BCUT2D eigenvalue weighted by Gasteiger charge is -2.27. The molecule has 0 amide bonds. The van der Waals surface area contributed by atoms with Gasteiger partial charge in [-0.2, -0.15) is 0 Å². The number of nitrogens with one attached hydrogen (secondary N) is 2. The number of benzene rings is 2. The van der Waals surface area contributed by atoms with Crippen molar-refractivity contribution in [3.63, 3.8) is 0 Å². The largest absolute Gasteiger partial charge is 0.454 e. The predicted molar refractivity (Wildman–Crippen MR) is 108 cm³/mol. The lowest BCUT2D eigenvalue weighted by atomic mass is 10.1. The monoisotopic (exact) mass is 409 g/mol. The van der Waals surface area contributed by atoms with Gasteiger partial charge in [-0.25, -0.2) is 4.39 Å². The zero-order valence-corrected chi connectivity index (χ0v) is 16.7. The van der Waals surface area contributed by atoms with Crippen molar-refractivity contribution in [2.45, 2.75) is 12.6 Å². The first kappa shape index (κ1) is 19.7. The van der Waals surface area contributed by atoms with Crippen LogP contribution in [-0.4, -0.2) is 37.4 Å². The number of hydrogen-bond acceptors (Lipinski definition) is 4. The van der Waals surface area contributed by atoms with Crippen LogP contribution in [-0.2, 0) is 6.54 Å². The van der Waals surface area contributed by atoms with Crippen molar-refractivity contribution in [1.82, 2.24) is 15.5 Å². The Morgan fingerprint density at radius 3 is 2.74 bits per heavy atom. The zero-order chi connectivity index (χ0) is 19.4. The van der Waals surface area contributed by atoms with Crippen LogP contribution in [0.5, 0.6) is 11.5 Å². The highest BCUT2D eigenvalue weighted by Crippen LogP contribution is 2.32. The number of halogens is 2. The molecule has 2 N–H and O–H groups in total. The quantitative estimate of drug-likeness (QED) is 0.712. The second-order valence-corrected chi connectivity index (χ2v) is 7.18. The van der Waals surface area contributed by atoms with E-state index in [0.29, 0.717) is 28.8 Å². The highest BCUT2D eigenvalue weighted by atomic mass is 35.5. The molecule has 5 nitrogen and oxygen atoms in total. The topological polar surface area (TPSA) is 45.8 Å².